The zero-order chi connectivity index (χ0) is 13.1. The van der Waals surface area contributed by atoms with Gasteiger partial charge in [-0.2, -0.15) is 0 Å². The first-order valence-corrected chi connectivity index (χ1v) is 6.31. The average molecular weight is 256 g/mol. The van der Waals surface area contributed by atoms with Crippen LogP contribution < -0.4 is 4.74 Å². The van der Waals surface area contributed by atoms with Gasteiger partial charge in [-0.1, -0.05) is 13.8 Å². The van der Waals surface area contributed by atoms with E-state index in [-0.39, 0.29) is 17.8 Å². The Labute approximate surface area is 106 Å². The zero-order valence-corrected chi connectivity index (χ0v) is 10.7. The molecule has 0 radical (unpaired) electrons. The Morgan fingerprint density at radius 1 is 1.22 bits per heavy atom. The summed E-state index contributed by atoms with van der Waals surface area (Å²) in [4.78, 5) is 0. The first kappa shape index (κ1) is 13.3. The van der Waals surface area contributed by atoms with Gasteiger partial charge < -0.3 is 9.47 Å². The largest absolute Gasteiger partial charge is 0.487 e. The van der Waals surface area contributed by atoms with Crippen LogP contribution in [0.15, 0.2) is 12.1 Å². The standard InChI is InChI=1S/C14H18F2O2/c1-9(2)12-7-10(15)8-13(16)14(12)18-11-3-5-17-6-4-11/h7-9,11H,3-6H2,1-2H3. The van der Waals surface area contributed by atoms with Crippen molar-refractivity contribution >= 4 is 0 Å². The van der Waals surface area contributed by atoms with Gasteiger partial charge in [-0.15, -0.1) is 0 Å². The SMILES string of the molecule is CC(C)c1cc(F)cc(F)c1OC1CCOCC1. The highest BCUT2D eigenvalue weighted by atomic mass is 19.1. The van der Waals surface area contributed by atoms with Crippen molar-refractivity contribution in [3.63, 3.8) is 0 Å². The molecule has 2 nitrogen and oxygen atoms in total. The van der Waals surface area contributed by atoms with Gasteiger partial charge in [0.1, 0.15) is 11.9 Å². The molecule has 18 heavy (non-hydrogen) atoms. The topological polar surface area (TPSA) is 18.5 Å². The molecule has 1 heterocycles. The van der Waals surface area contributed by atoms with Gasteiger partial charge in [0.2, 0.25) is 0 Å². The van der Waals surface area contributed by atoms with Gasteiger partial charge in [0.25, 0.3) is 0 Å². The van der Waals surface area contributed by atoms with E-state index in [2.05, 4.69) is 0 Å². The molecule has 0 aromatic heterocycles. The van der Waals surface area contributed by atoms with Gasteiger partial charge in [-0.25, -0.2) is 8.78 Å². The second kappa shape index (κ2) is 5.65. The Morgan fingerprint density at radius 2 is 1.89 bits per heavy atom. The van der Waals surface area contributed by atoms with Crippen molar-refractivity contribution in [2.45, 2.75) is 38.7 Å². The summed E-state index contributed by atoms with van der Waals surface area (Å²) in [7, 11) is 0. The van der Waals surface area contributed by atoms with Crippen LogP contribution >= 0.6 is 0 Å². The lowest BCUT2D eigenvalue weighted by Gasteiger charge is -2.25. The fraction of sp³-hybridized carbons (Fsp3) is 0.571. The summed E-state index contributed by atoms with van der Waals surface area (Å²) in [5, 5.41) is 0. The monoisotopic (exact) mass is 256 g/mol. The molecule has 2 rings (SSSR count). The van der Waals surface area contributed by atoms with Crippen LogP contribution in [-0.4, -0.2) is 19.3 Å². The first-order valence-electron chi connectivity index (χ1n) is 6.31. The summed E-state index contributed by atoms with van der Waals surface area (Å²) in [6, 6.07) is 2.23. The van der Waals surface area contributed by atoms with Gasteiger partial charge in [-0.3, -0.25) is 0 Å². The maximum absolute atomic E-state index is 13.8. The molecule has 1 fully saturated rings. The second-order valence-electron chi connectivity index (χ2n) is 4.89. The number of ether oxygens (including phenoxy) is 2. The van der Waals surface area contributed by atoms with E-state index in [0.717, 1.165) is 18.9 Å². The minimum Gasteiger partial charge on any atom is -0.487 e. The predicted octanol–water partition coefficient (Wildman–Crippen LogP) is 3.65. The highest BCUT2D eigenvalue weighted by Crippen LogP contribution is 2.32. The van der Waals surface area contributed by atoms with Gasteiger partial charge in [-0.05, 0) is 12.0 Å². The molecule has 1 aromatic rings. The Bertz CT molecular complexity index is 413. The second-order valence-corrected chi connectivity index (χ2v) is 4.89. The summed E-state index contributed by atoms with van der Waals surface area (Å²) < 4.78 is 38.0. The third-order valence-electron chi connectivity index (χ3n) is 3.11. The molecule has 100 valence electrons. The molecular formula is C14H18F2O2. The molecule has 0 amide bonds. The number of hydrogen-bond donors (Lipinski definition) is 0. The quantitative estimate of drug-likeness (QED) is 0.822. The van der Waals surface area contributed by atoms with E-state index >= 15 is 0 Å². The van der Waals surface area contributed by atoms with Gasteiger partial charge in [0.15, 0.2) is 11.6 Å². The van der Waals surface area contributed by atoms with E-state index in [9.17, 15) is 8.78 Å². The van der Waals surface area contributed by atoms with E-state index in [0.29, 0.717) is 18.8 Å². The highest BCUT2D eigenvalue weighted by molar-refractivity contribution is 5.38. The van der Waals surface area contributed by atoms with Crippen molar-refractivity contribution in [2.24, 2.45) is 0 Å². The van der Waals surface area contributed by atoms with Crippen molar-refractivity contribution in [3.05, 3.63) is 29.3 Å². The normalized spacial score (nSPS) is 17.2. The van der Waals surface area contributed by atoms with Gasteiger partial charge in [0, 0.05) is 24.5 Å². The molecular weight excluding hydrogens is 238 g/mol. The Hall–Kier alpha value is -1.16. The number of hydrogen-bond acceptors (Lipinski definition) is 2. The van der Waals surface area contributed by atoms with Crippen LogP contribution in [0.2, 0.25) is 0 Å². The Morgan fingerprint density at radius 3 is 2.50 bits per heavy atom. The molecule has 0 N–H and O–H groups in total. The van der Waals surface area contributed by atoms with E-state index in [4.69, 9.17) is 9.47 Å². The van der Waals surface area contributed by atoms with Crippen LogP contribution in [0, 0.1) is 11.6 Å². The molecule has 0 saturated carbocycles. The van der Waals surface area contributed by atoms with Gasteiger partial charge >= 0.3 is 0 Å². The van der Waals surface area contributed by atoms with E-state index < -0.39 is 11.6 Å². The summed E-state index contributed by atoms with van der Waals surface area (Å²) in [6.07, 6.45) is 1.44. The highest BCUT2D eigenvalue weighted by Gasteiger charge is 2.21. The van der Waals surface area contributed by atoms with Crippen LogP contribution in [0.5, 0.6) is 5.75 Å². The molecule has 1 aliphatic heterocycles. The van der Waals surface area contributed by atoms with Crippen molar-refractivity contribution in [1.29, 1.82) is 0 Å². The lowest BCUT2D eigenvalue weighted by atomic mass is 10.0. The molecule has 0 aliphatic carbocycles. The molecule has 0 unspecified atom stereocenters. The molecule has 1 aliphatic rings. The number of rotatable bonds is 3. The van der Waals surface area contributed by atoms with Crippen molar-refractivity contribution in [3.8, 4) is 5.75 Å². The molecule has 4 heteroatoms. The van der Waals surface area contributed by atoms with Crippen molar-refractivity contribution < 1.29 is 18.3 Å². The van der Waals surface area contributed by atoms with E-state index in [1.807, 2.05) is 13.8 Å². The van der Waals surface area contributed by atoms with Crippen LogP contribution in [-0.2, 0) is 4.74 Å². The average Bonchev–Trinajstić information content (AvgIpc) is 2.33. The van der Waals surface area contributed by atoms with Gasteiger partial charge in [0.05, 0.1) is 13.2 Å². The summed E-state index contributed by atoms with van der Waals surface area (Å²) >= 11 is 0. The fourth-order valence-corrected chi connectivity index (χ4v) is 2.09. The Balaban J connectivity index is 2.24. The number of halogens is 2. The molecule has 1 saturated heterocycles. The zero-order valence-electron chi connectivity index (χ0n) is 10.7. The third kappa shape index (κ3) is 2.99. The molecule has 0 atom stereocenters. The maximum Gasteiger partial charge on any atom is 0.168 e. The van der Waals surface area contributed by atoms with Crippen LogP contribution in [0.4, 0.5) is 8.78 Å². The smallest absolute Gasteiger partial charge is 0.168 e. The van der Waals surface area contributed by atoms with Crippen LogP contribution in [0.1, 0.15) is 38.2 Å². The molecule has 0 spiro atoms. The minimum absolute atomic E-state index is 0.0186. The van der Waals surface area contributed by atoms with Crippen LogP contribution in [0.25, 0.3) is 0 Å². The Kier molecular flexibility index (Phi) is 4.17. The van der Waals surface area contributed by atoms with Crippen molar-refractivity contribution in [2.75, 3.05) is 13.2 Å². The maximum atomic E-state index is 13.8. The predicted molar refractivity (Wildman–Crippen MR) is 64.9 cm³/mol. The number of benzene rings is 1. The minimum atomic E-state index is -0.620. The van der Waals surface area contributed by atoms with E-state index in [1.165, 1.54) is 6.07 Å². The molecule has 1 aromatic carbocycles. The lowest BCUT2D eigenvalue weighted by Crippen LogP contribution is -2.26. The van der Waals surface area contributed by atoms with Crippen molar-refractivity contribution in [1.82, 2.24) is 0 Å². The summed E-state index contributed by atoms with van der Waals surface area (Å²) in [5.41, 5.74) is 0.582. The summed E-state index contributed by atoms with van der Waals surface area (Å²) in [6.45, 7) is 5.05. The first-order chi connectivity index (χ1) is 8.58. The lowest BCUT2D eigenvalue weighted by molar-refractivity contribution is 0.0234. The molecule has 0 bridgehead atoms. The van der Waals surface area contributed by atoms with Crippen LogP contribution in [0.3, 0.4) is 0 Å². The third-order valence-corrected chi connectivity index (χ3v) is 3.11. The van der Waals surface area contributed by atoms with E-state index in [1.54, 1.807) is 0 Å². The summed E-state index contributed by atoms with van der Waals surface area (Å²) in [5.74, 6) is -0.968. The fourth-order valence-electron chi connectivity index (χ4n) is 2.09.